The van der Waals surface area contributed by atoms with E-state index in [1.54, 1.807) is 14.1 Å². The average Bonchev–Trinajstić information content (AvgIpc) is 2.90. The molecule has 0 radical (unpaired) electrons. The van der Waals surface area contributed by atoms with Crippen LogP contribution in [0.2, 0.25) is 0 Å². The van der Waals surface area contributed by atoms with Crippen molar-refractivity contribution in [2.45, 2.75) is 39.2 Å². The normalized spacial score (nSPS) is 25.7. The van der Waals surface area contributed by atoms with E-state index >= 15 is 0 Å². The van der Waals surface area contributed by atoms with Gasteiger partial charge in [-0.25, -0.2) is 9.37 Å². The number of hydrogen-bond donors (Lipinski definition) is 0. The minimum atomic E-state index is -0.458. The van der Waals surface area contributed by atoms with E-state index in [2.05, 4.69) is 23.3 Å². The number of amides is 3. The first-order chi connectivity index (χ1) is 11.4. The molecule has 0 aromatic carbocycles. The third-order valence-electron chi connectivity index (χ3n) is 4.99. The molecule has 0 bridgehead atoms. The number of piperidine rings is 1. The first-order valence-corrected chi connectivity index (χ1v) is 8.88. The van der Waals surface area contributed by atoms with Crippen LogP contribution in [0.1, 0.15) is 33.1 Å². The van der Waals surface area contributed by atoms with Crippen LogP contribution >= 0.6 is 0 Å². The van der Waals surface area contributed by atoms with Crippen molar-refractivity contribution in [1.29, 1.82) is 0 Å². The summed E-state index contributed by atoms with van der Waals surface area (Å²) in [6.07, 6.45) is 3.73. The molecule has 0 aromatic heterocycles. The molecular weight excluding hydrogens is 306 g/mol. The van der Waals surface area contributed by atoms with Crippen LogP contribution in [0.4, 0.5) is 4.79 Å². The summed E-state index contributed by atoms with van der Waals surface area (Å²) < 4.78 is 2.11. The molecule has 0 saturated carbocycles. The lowest BCUT2D eigenvalue weighted by molar-refractivity contribution is -0.542. The first kappa shape index (κ1) is 17.1. The quantitative estimate of drug-likeness (QED) is 0.716. The van der Waals surface area contributed by atoms with Crippen molar-refractivity contribution in [2.24, 2.45) is 10.9 Å². The highest BCUT2D eigenvalue weighted by Gasteiger charge is 2.53. The van der Waals surface area contributed by atoms with Crippen LogP contribution in [-0.4, -0.2) is 89.2 Å². The van der Waals surface area contributed by atoms with Gasteiger partial charge in [0.2, 0.25) is 0 Å². The van der Waals surface area contributed by atoms with Crippen molar-refractivity contribution in [3.05, 3.63) is 0 Å². The second kappa shape index (κ2) is 6.63. The number of likely N-dealkylation sites (N-methyl/N-ethyl adjacent to an activating group) is 2. The number of fused-ring (bicyclic) bond motifs is 1. The smallest absolute Gasteiger partial charge is 0.292 e. The highest BCUT2D eigenvalue weighted by molar-refractivity contribution is 6.23. The van der Waals surface area contributed by atoms with Gasteiger partial charge in [-0.2, -0.15) is 0 Å². The maximum Gasteiger partial charge on any atom is 0.333 e. The molecule has 2 saturated heterocycles. The molecule has 7 nitrogen and oxygen atoms in total. The molecule has 3 amide bonds. The lowest BCUT2D eigenvalue weighted by Crippen LogP contribution is -2.61. The van der Waals surface area contributed by atoms with Crippen LogP contribution < -0.4 is 0 Å². The van der Waals surface area contributed by atoms with Crippen LogP contribution in [0.15, 0.2) is 4.99 Å². The van der Waals surface area contributed by atoms with Gasteiger partial charge >= 0.3 is 11.9 Å². The number of imide groups is 1. The number of carbonyl (C=O) groups excluding carboxylic acids is 2. The zero-order chi connectivity index (χ0) is 17.4. The lowest BCUT2D eigenvalue weighted by Gasteiger charge is -2.31. The van der Waals surface area contributed by atoms with E-state index < -0.39 is 6.04 Å². The summed E-state index contributed by atoms with van der Waals surface area (Å²) in [5, 5.41) is 0. The number of aliphatic imine (C=N–C) groups is 1. The van der Waals surface area contributed by atoms with Gasteiger partial charge in [0, 0.05) is 14.1 Å². The lowest BCUT2D eigenvalue weighted by atomic mass is 10.1. The summed E-state index contributed by atoms with van der Waals surface area (Å²) in [5.74, 6) is 1.74. The van der Waals surface area contributed by atoms with E-state index in [0.29, 0.717) is 11.8 Å². The molecule has 7 heteroatoms. The second-order valence-electron chi connectivity index (χ2n) is 7.41. The summed E-state index contributed by atoms with van der Waals surface area (Å²) in [6.45, 7) is 7.97. The van der Waals surface area contributed by atoms with Gasteiger partial charge in [0.15, 0.2) is 0 Å². The predicted octanol–water partition coefficient (Wildman–Crippen LogP) is 0.844. The molecular formula is C17H28N5O2+. The molecule has 1 unspecified atom stereocenters. The minimum Gasteiger partial charge on any atom is -0.292 e. The molecule has 0 aromatic rings. The fourth-order valence-electron chi connectivity index (χ4n) is 3.70. The fraction of sp³-hybridized carbons (Fsp3) is 0.765. The number of carbonyl (C=O) groups is 2. The number of hydrogen-bond acceptors (Lipinski definition) is 4. The Bertz CT molecular complexity index is 604. The third-order valence-corrected chi connectivity index (χ3v) is 4.99. The van der Waals surface area contributed by atoms with Crippen molar-refractivity contribution < 1.29 is 14.2 Å². The molecule has 3 aliphatic rings. The molecule has 132 valence electrons. The number of nitrogens with zero attached hydrogens (tertiary/aromatic N) is 5. The van der Waals surface area contributed by atoms with E-state index in [0.717, 1.165) is 32.0 Å². The van der Waals surface area contributed by atoms with E-state index in [-0.39, 0.29) is 11.9 Å². The van der Waals surface area contributed by atoms with Crippen LogP contribution in [-0.2, 0) is 4.79 Å². The van der Waals surface area contributed by atoms with Gasteiger partial charge in [-0.3, -0.25) is 19.5 Å². The maximum atomic E-state index is 12.7. The monoisotopic (exact) mass is 334 g/mol. The van der Waals surface area contributed by atoms with E-state index in [9.17, 15) is 9.59 Å². The van der Waals surface area contributed by atoms with Gasteiger partial charge in [0.05, 0.1) is 6.54 Å². The van der Waals surface area contributed by atoms with Crippen LogP contribution in [0.5, 0.6) is 0 Å². The van der Waals surface area contributed by atoms with Crippen molar-refractivity contribution >= 4 is 23.6 Å². The van der Waals surface area contributed by atoms with Gasteiger partial charge in [0.25, 0.3) is 17.8 Å². The SMILES string of the molecule is CC(C)C[N+]1=C(CN2CCCCC2)N=C2C1C(=O)N(C)C(=O)N2C. The highest BCUT2D eigenvalue weighted by atomic mass is 16.2. The fourth-order valence-corrected chi connectivity index (χ4v) is 3.70. The van der Waals surface area contributed by atoms with Crippen LogP contribution in [0.25, 0.3) is 0 Å². The molecule has 3 aliphatic heterocycles. The van der Waals surface area contributed by atoms with Crippen molar-refractivity contribution in [3.8, 4) is 0 Å². The van der Waals surface area contributed by atoms with Gasteiger partial charge in [-0.05, 0) is 36.8 Å². The van der Waals surface area contributed by atoms with Crippen LogP contribution in [0, 0.1) is 5.92 Å². The third kappa shape index (κ3) is 2.97. The van der Waals surface area contributed by atoms with E-state index in [4.69, 9.17) is 4.99 Å². The summed E-state index contributed by atoms with van der Waals surface area (Å²) >= 11 is 0. The summed E-state index contributed by atoms with van der Waals surface area (Å²) in [5.41, 5.74) is 0. The summed E-state index contributed by atoms with van der Waals surface area (Å²) in [7, 11) is 3.25. The van der Waals surface area contributed by atoms with Crippen molar-refractivity contribution in [2.75, 3.05) is 40.3 Å². The molecule has 3 rings (SSSR count). The van der Waals surface area contributed by atoms with E-state index in [1.807, 2.05) is 0 Å². The minimum absolute atomic E-state index is 0.175. The number of amidine groups is 2. The maximum absolute atomic E-state index is 12.7. The standard InChI is InChI=1S/C17H28N5O2/c1-12(2)10-22-13(11-21-8-6-5-7-9-21)18-15-14(22)16(23)20(4)17(24)19(15)3/h12,14H,5-11H2,1-4H3/q+1. The predicted molar refractivity (Wildman–Crippen MR) is 92.4 cm³/mol. The average molecular weight is 334 g/mol. The highest BCUT2D eigenvalue weighted by Crippen LogP contribution is 2.20. The zero-order valence-electron chi connectivity index (χ0n) is 15.2. The van der Waals surface area contributed by atoms with Gasteiger partial charge in [0.1, 0.15) is 6.54 Å². The largest absolute Gasteiger partial charge is 0.333 e. The number of likely N-dealkylation sites (tertiary alicyclic amines) is 1. The first-order valence-electron chi connectivity index (χ1n) is 8.88. The van der Waals surface area contributed by atoms with Gasteiger partial charge < -0.3 is 0 Å². The molecule has 0 N–H and O–H groups in total. The summed E-state index contributed by atoms with van der Waals surface area (Å²) in [6, 6.07) is -0.765. The Labute approximate surface area is 143 Å². The Morgan fingerprint density at radius 1 is 1.12 bits per heavy atom. The topological polar surface area (TPSA) is 59.2 Å². The Morgan fingerprint density at radius 2 is 1.79 bits per heavy atom. The molecule has 3 heterocycles. The second-order valence-corrected chi connectivity index (χ2v) is 7.41. The molecule has 24 heavy (non-hydrogen) atoms. The Morgan fingerprint density at radius 3 is 2.42 bits per heavy atom. The Hall–Kier alpha value is -1.76. The van der Waals surface area contributed by atoms with Crippen molar-refractivity contribution in [3.63, 3.8) is 0 Å². The zero-order valence-corrected chi connectivity index (χ0v) is 15.2. The molecule has 0 spiro atoms. The molecule has 0 aliphatic carbocycles. The Balaban J connectivity index is 1.92. The van der Waals surface area contributed by atoms with Gasteiger partial charge in [-0.15, -0.1) is 0 Å². The Kier molecular flexibility index (Phi) is 4.71. The van der Waals surface area contributed by atoms with E-state index in [1.165, 1.54) is 29.1 Å². The molecule has 2 fully saturated rings. The van der Waals surface area contributed by atoms with Crippen LogP contribution in [0.3, 0.4) is 0 Å². The number of rotatable bonds is 4. The van der Waals surface area contributed by atoms with Gasteiger partial charge in [-0.1, -0.05) is 20.3 Å². The number of urea groups is 1. The summed E-state index contributed by atoms with van der Waals surface area (Å²) in [4.78, 5) is 34.8. The molecule has 1 atom stereocenters. The van der Waals surface area contributed by atoms with Crippen molar-refractivity contribution in [1.82, 2.24) is 14.7 Å².